The lowest BCUT2D eigenvalue weighted by Crippen LogP contribution is -2.32. The second-order valence-corrected chi connectivity index (χ2v) is 6.61. The van der Waals surface area contributed by atoms with Gasteiger partial charge >= 0.3 is 0 Å². The number of methoxy groups -OCH3 is 3. The molecule has 0 amide bonds. The van der Waals surface area contributed by atoms with Gasteiger partial charge in [0, 0.05) is 25.7 Å². The maximum atomic E-state index is 5.83. The molecule has 2 N–H and O–H groups in total. The lowest BCUT2D eigenvalue weighted by Gasteiger charge is -2.29. The quantitative estimate of drug-likeness (QED) is 0.567. The highest BCUT2D eigenvalue weighted by atomic mass is 16.5. The van der Waals surface area contributed by atoms with E-state index >= 15 is 0 Å². The fourth-order valence-electron chi connectivity index (χ4n) is 3.39. The topological polar surface area (TPSA) is 66.2 Å². The van der Waals surface area contributed by atoms with E-state index in [9.17, 15) is 0 Å². The Bertz CT molecular complexity index is 779. The molecule has 1 heterocycles. The molecule has 6 nitrogen and oxygen atoms in total. The van der Waals surface area contributed by atoms with E-state index in [0.717, 1.165) is 49.7 Å². The third-order valence-electron chi connectivity index (χ3n) is 4.89. The van der Waals surface area contributed by atoms with Gasteiger partial charge in [-0.15, -0.1) is 0 Å². The molecule has 0 saturated carbocycles. The molecule has 0 aliphatic carbocycles. The summed E-state index contributed by atoms with van der Waals surface area (Å²) >= 11 is 0. The van der Waals surface area contributed by atoms with Crippen LogP contribution < -0.4 is 24.7 Å². The highest BCUT2D eigenvalue weighted by molar-refractivity contribution is 5.55. The molecule has 0 bridgehead atoms. The van der Waals surface area contributed by atoms with E-state index in [0.29, 0.717) is 18.0 Å². The standard InChI is InChI=1S/C21H28N2O4/c1-24-19-13-17(5-6-18(19)22)27-10-4-8-23-9-7-15-11-20(25-2)21(26-3)12-16(15)14-23/h5-6,11-13H,4,7-10,14,22H2,1-3H3. The number of nitrogens with two attached hydrogens (primary N) is 1. The molecule has 0 unspecified atom stereocenters. The summed E-state index contributed by atoms with van der Waals surface area (Å²) < 4.78 is 21.9. The van der Waals surface area contributed by atoms with Crippen molar-refractivity contribution in [3.8, 4) is 23.0 Å². The fourth-order valence-corrected chi connectivity index (χ4v) is 3.39. The minimum absolute atomic E-state index is 0.615. The van der Waals surface area contributed by atoms with E-state index in [1.807, 2.05) is 12.1 Å². The first kappa shape index (κ1) is 19.2. The van der Waals surface area contributed by atoms with E-state index in [1.165, 1.54) is 11.1 Å². The smallest absolute Gasteiger partial charge is 0.161 e. The van der Waals surface area contributed by atoms with Gasteiger partial charge in [0.15, 0.2) is 11.5 Å². The molecule has 6 heteroatoms. The Morgan fingerprint density at radius 2 is 1.63 bits per heavy atom. The SMILES string of the molecule is COc1cc(OCCCN2CCc3cc(OC)c(OC)cc3C2)ccc1N. The van der Waals surface area contributed by atoms with Gasteiger partial charge in [0.25, 0.3) is 0 Å². The van der Waals surface area contributed by atoms with Crippen LogP contribution in [0.5, 0.6) is 23.0 Å². The van der Waals surface area contributed by atoms with Crippen LogP contribution in [-0.2, 0) is 13.0 Å². The first-order chi connectivity index (χ1) is 13.1. The number of nitrogen functional groups attached to an aromatic ring is 1. The summed E-state index contributed by atoms with van der Waals surface area (Å²) in [5.41, 5.74) is 9.09. The van der Waals surface area contributed by atoms with Crippen LogP contribution in [0.2, 0.25) is 0 Å². The molecule has 1 aliphatic heterocycles. The van der Waals surface area contributed by atoms with Crippen molar-refractivity contribution in [2.24, 2.45) is 0 Å². The molecule has 0 fully saturated rings. The van der Waals surface area contributed by atoms with Crippen molar-refractivity contribution in [1.29, 1.82) is 0 Å². The summed E-state index contributed by atoms with van der Waals surface area (Å²) in [4.78, 5) is 2.45. The number of hydrogen-bond donors (Lipinski definition) is 1. The second kappa shape index (κ2) is 8.86. The van der Waals surface area contributed by atoms with Crippen molar-refractivity contribution >= 4 is 5.69 Å². The molecular formula is C21H28N2O4. The number of anilines is 1. The molecular weight excluding hydrogens is 344 g/mol. The van der Waals surface area contributed by atoms with E-state index in [2.05, 4.69) is 17.0 Å². The highest BCUT2D eigenvalue weighted by Crippen LogP contribution is 2.33. The Labute approximate surface area is 160 Å². The molecule has 0 aromatic heterocycles. The predicted molar refractivity (Wildman–Crippen MR) is 106 cm³/mol. The van der Waals surface area contributed by atoms with Crippen LogP contribution in [0.15, 0.2) is 30.3 Å². The Balaban J connectivity index is 1.50. The van der Waals surface area contributed by atoms with Gasteiger partial charge in [0.1, 0.15) is 11.5 Å². The molecule has 1 aliphatic rings. The van der Waals surface area contributed by atoms with Crippen LogP contribution in [0.3, 0.4) is 0 Å². The van der Waals surface area contributed by atoms with Gasteiger partial charge in [-0.05, 0) is 48.2 Å². The van der Waals surface area contributed by atoms with E-state index in [-0.39, 0.29) is 0 Å². The fraction of sp³-hybridized carbons (Fsp3) is 0.429. The first-order valence-corrected chi connectivity index (χ1v) is 9.17. The van der Waals surface area contributed by atoms with Gasteiger partial charge < -0.3 is 24.7 Å². The summed E-state index contributed by atoms with van der Waals surface area (Å²) in [7, 11) is 4.96. The van der Waals surface area contributed by atoms with Crippen LogP contribution in [0.4, 0.5) is 5.69 Å². The second-order valence-electron chi connectivity index (χ2n) is 6.61. The van der Waals surface area contributed by atoms with Gasteiger partial charge in [-0.1, -0.05) is 0 Å². The van der Waals surface area contributed by atoms with E-state index in [1.54, 1.807) is 27.4 Å². The third-order valence-corrected chi connectivity index (χ3v) is 4.89. The average molecular weight is 372 g/mol. The van der Waals surface area contributed by atoms with Crippen LogP contribution in [0, 0.1) is 0 Å². The zero-order chi connectivity index (χ0) is 19.2. The van der Waals surface area contributed by atoms with Gasteiger partial charge in [-0.3, -0.25) is 4.90 Å². The number of hydrogen-bond acceptors (Lipinski definition) is 6. The Hall–Kier alpha value is -2.60. The van der Waals surface area contributed by atoms with Crippen LogP contribution in [0.1, 0.15) is 17.5 Å². The highest BCUT2D eigenvalue weighted by Gasteiger charge is 2.19. The Morgan fingerprint density at radius 1 is 0.926 bits per heavy atom. The van der Waals surface area contributed by atoms with Gasteiger partial charge in [-0.2, -0.15) is 0 Å². The van der Waals surface area contributed by atoms with E-state index < -0.39 is 0 Å². The summed E-state index contributed by atoms with van der Waals surface area (Å²) in [6, 6.07) is 9.69. The van der Waals surface area contributed by atoms with Crippen molar-refractivity contribution in [3.05, 3.63) is 41.5 Å². The molecule has 0 spiro atoms. The van der Waals surface area contributed by atoms with Crippen LogP contribution in [-0.4, -0.2) is 45.9 Å². The number of fused-ring (bicyclic) bond motifs is 1. The summed E-state index contributed by atoms with van der Waals surface area (Å²) in [5, 5.41) is 0. The molecule has 0 radical (unpaired) electrons. The van der Waals surface area contributed by atoms with E-state index in [4.69, 9.17) is 24.7 Å². The molecule has 3 rings (SSSR count). The number of rotatable bonds is 8. The van der Waals surface area contributed by atoms with Crippen LogP contribution in [0.25, 0.3) is 0 Å². The van der Waals surface area contributed by atoms with Crippen molar-refractivity contribution in [3.63, 3.8) is 0 Å². The normalized spacial score (nSPS) is 13.7. The van der Waals surface area contributed by atoms with Crippen molar-refractivity contribution in [2.45, 2.75) is 19.4 Å². The zero-order valence-electron chi connectivity index (χ0n) is 16.3. The monoisotopic (exact) mass is 372 g/mol. The Kier molecular flexibility index (Phi) is 6.29. The molecule has 2 aromatic carbocycles. The van der Waals surface area contributed by atoms with Gasteiger partial charge in [0.2, 0.25) is 0 Å². The number of benzene rings is 2. The molecule has 27 heavy (non-hydrogen) atoms. The minimum Gasteiger partial charge on any atom is -0.494 e. The summed E-state index contributed by atoms with van der Waals surface area (Å²) in [6.07, 6.45) is 1.97. The molecule has 0 atom stereocenters. The molecule has 146 valence electrons. The largest absolute Gasteiger partial charge is 0.494 e. The maximum Gasteiger partial charge on any atom is 0.161 e. The zero-order valence-corrected chi connectivity index (χ0v) is 16.3. The molecule has 0 saturated heterocycles. The van der Waals surface area contributed by atoms with Crippen molar-refractivity contribution < 1.29 is 18.9 Å². The van der Waals surface area contributed by atoms with Gasteiger partial charge in [-0.25, -0.2) is 0 Å². The average Bonchev–Trinajstić information content (AvgIpc) is 2.71. The van der Waals surface area contributed by atoms with Gasteiger partial charge in [0.05, 0.1) is 33.6 Å². The molecule has 2 aromatic rings. The third kappa shape index (κ3) is 4.57. The Morgan fingerprint density at radius 3 is 2.33 bits per heavy atom. The minimum atomic E-state index is 0.615. The summed E-state index contributed by atoms with van der Waals surface area (Å²) in [5.74, 6) is 3.02. The lowest BCUT2D eigenvalue weighted by molar-refractivity contribution is 0.220. The lowest BCUT2D eigenvalue weighted by atomic mass is 9.98. The maximum absolute atomic E-state index is 5.83. The number of ether oxygens (including phenoxy) is 4. The van der Waals surface area contributed by atoms with Crippen molar-refractivity contribution in [1.82, 2.24) is 4.90 Å². The summed E-state index contributed by atoms with van der Waals surface area (Å²) in [6.45, 7) is 3.60. The van der Waals surface area contributed by atoms with Crippen molar-refractivity contribution in [2.75, 3.05) is 46.8 Å². The first-order valence-electron chi connectivity index (χ1n) is 9.17. The van der Waals surface area contributed by atoms with Crippen LogP contribution >= 0.6 is 0 Å². The number of nitrogens with zero attached hydrogens (tertiary/aromatic N) is 1. The predicted octanol–water partition coefficient (Wildman–Crippen LogP) is 3.12.